The van der Waals surface area contributed by atoms with Gasteiger partial charge in [0.1, 0.15) is 0 Å². The molecule has 4 aromatic rings. The molecule has 0 atom stereocenters. The van der Waals surface area contributed by atoms with Crippen molar-refractivity contribution in [3.05, 3.63) is 94.2 Å². The maximum absolute atomic E-state index is 13.2. The molecule has 0 radical (unpaired) electrons. The van der Waals surface area contributed by atoms with E-state index in [1.807, 2.05) is 48.5 Å². The third-order valence-electron chi connectivity index (χ3n) is 5.02. The molecule has 0 fully saturated rings. The van der Waals surface area contributed by atoms with E-state index in [4.69, 9.17) is 0 Å². The van der Waals surface area contributed by atoms with Gasteiger partial charge in [-0.05, 0) is 60.7 Å². The van der Waals surface area contributed by atoms with Gasteiger partial charge in [0.15, 0.2) is 0 Å². The number of aryl methyl sites for hydroxylation is 1. The number of hydrogen-bond donors (Lipinski definition) is 0. The summed E-state index contributed by atoms with van der Waals surface area (Å²) in [5.41, 5.74) is 0.275. The fraction of sp³-hybridized carbons (Fsp3) is 0.250. The van der Waals surface area contributed by atoms with Crippen LogP contribution in [0.25, 0.3) is 10.9 Å². The van der Waals surface area contributed by atoms with Crippen LogP contribution in [0.1, 0.15) is 12.8 Å². The van der Waals surface area contributed by atoms with Gasteiger partial charge >= 0.3 is 5.69 Å². The van der Waals surface area contributed by atoms with E-state index in [1.54, 1.807) is 52.9 Å². The molecular weight excluding hydrogens is 440 g/mol. The van der Waals surface area contributed by atoms with Crippen LogP contribution in [0.5, 0.6) is 0 Å². The summed E-state index contributed by atoms with van der Waals surface area (Å²) in [5, 5.41) is 0.593. The summed E-state index contributed by atoms with van der Waals surface area (Å²) in [6.45, 7) is 0.982. The predicted molar refractivity (Wildman–Crippen MR) is 132 cm³/mol. The highest BCUT2D eigenvalue weighted by atomic mass is 32.2. The van der Waals surface area contributed by atoms with E-state index in [1.165, 1.54) is 4.57 Å². The predicted octanol–water partition coefficient (Wildman–Crippen LogP) is 4.32. The van der Waals surface area contributed by atoms with E-state index in [-0.39, 0.29) is 11.2 Å². The van der Waals surface area contributed by atoms with Gasteiger partial charge in [0.2, 0.25) is 0 Å². The molecule has 8 heteroatoms. The van der Waals surface area contributed by atoms with Gasteiger partial charge in [0.05, 0.1) is 10.9 Å². The maximum atomic E-state index is 13.2. The zero-order valence-corrected chi connectivity index (χ0v) is 19.2. The van der Waals surface area contributed by atoms with Gasteiger partial charge in [-0.3, -0.25) is 23.9 Å². The number of hydrogen-bond acceptors (Lipinski definition) is 6. The first-order chi connectivity index (χ1) is 15.7. The summed E-state index contributed by atoms with van der Waals surface area (Å²) >= 11 is 3.44. The minimum Gasteiger partial charge on any atom is -0.293 e. The summed E-state index contributed by atoms with van der Waals surface area (Å²) in [6, 6.07) is 15.3. The molecule has 6 nitrogen and oxygen atoms in total. The van der Waals surface area contributed by atoms with Crippen molar-refractivity contribution in [2.24, 2.45) is 0 Å². The lowest BCUT2D eigenvalue weighted by Crippen LogP contribution is -2.40. The molecule has 3 aromatic heterocycles. The molecule has 0 unspecified atom stereocenters. The number of nitrogens with zero attached hydrogens (tertiary/aromatic N) is 4. The first-order valence-corrected chi connectivity index (χ1v) is 12.5. The van der Waals surface area contributed by atoms with E-state index in [0.717, 1.165) is 34.1 Å². The Kier molecular flexibility index (Phi) is 7.79. The molecule has 32 heavy (non-hydrogen) atoms. The Hall–Kier alpha value is -2.84. The molecule has 3 heterocycles. The standard InChI is InChI=1S/C24H24N4O2S2/c29-23-21-5-1-2-6-22(21)27(15-3-17-31-19-7-11-25-12-8-19)24(30)28(23)16-4-18-32-20-9-13-26-14-10-20/h1-2,5-14H,3-4,15-18H2. The van der Waals surface area contributed by atoms with E-state index in [0.29, 0.717) is 24.0 Å². The van der Waals surface area contributed by atoms with Gasteiger partial charge in [-0.2, -0.15) is 0 Å². The molecule has 0 saturated carbocycles. The highest BCUT2D eigenvalue weighted by molar-refractivity contribution is 7.99. The number of aromatic nitrogens is 4. The lowest BCUT2D eigenvalue weighted by atomic mass is 10.2. The monoisotopic (exact) mass is 464 g/mol. The SMILES string of the molecule is O=c1c2ccccc2n(CCCSc2ccncc2)c(=O)n1CCCSc1ccncc1. The van der Waals surface area contributed by atoms with E-state index >= 15 is 0 Å². The Morgan fingerprint density at radius 1 is 0.688 bits per heavy atom. The smallest absolute Gasteiger partial charge is 0.293 e. The summed E-state index contributed by atoms with van der Waals surface area (Å²) < 4.78 is 3.14. The molecular formula is C24H24N4O2S2. The first kappa shape index (κ1) is 22.4. The Bertz CT molecular complexity index is 1270. The van der Waals surface area contributed by atoms with Crippen LogP contribution in [0.4, 0.5) is 0 Å². The fourth-order valence-corrected chi connectivity index (χ4v) is 5.13. The first-order valence-electron chi connectivity index (χ1n) is 10.5. The molecule has 164 valence electrons. The van der Waals surface area contributed by atoms with Crippen molar-refractivity contribution in [1.82, 2.24) is 19.1 Å². The molecule has 1 aromatic carbocycles. The van der Waals surface area contributed by atoms with Crippen LogP contribution >= 0.6 is 23.5 Å². The topological polar surface area (TPSA) is 69.8 Å². The molecule has 0 aliphatic rings. The zero-order chi connectivity index (χ0) is 22.2. The zero-order valence-electron chi connectivity index (χ0n) is 17.6. The molecule has 0 N–H and O–H groups in total. The Morgan fingerprint density at radius 3 is 1.81 bits per heavy atom. The maximum Gasteiger partial charge on any atom is 0.331 e. The van der Waals surface area contributed by atoms with Gasteiger partial charge in [0.25, 0.3) is 5.56 Å². The third-order valence-corrected chi connectivity index (χ3v) is 7.22. The number of para-hydroxylation sites is 1. The van der Waals surface area contributed by atoms with Gasteiger partial charge in [-0.1, -0.05) is 12.1 Å². The molecule has 0 aliphatic carbocycles. The minimum atomic E-state index is -0.225. The second-order valence-corrected chi connectivity index (χ2v) is 9.51. The number of fused-ring (bicyclic) bond motifs is 1. The molecule has 0 amide bonds. The summed E-state index contributed by atoms with van der Waals surface area (Å²) in [7, 11) is 0. The molecule has 0 aliphatic heterocycles. The van der Waals surface area contributed by atoms with Gasteiger partial charge in [-0.15, -0.1) is 23.5 Å². The van der Waals surface area contributed by atoms with Crippen molar-refractivity contribution in [1.29, 1.82) is 0 Å². The Morgan fingerprint density at radius 2 is 1.22 bits per heavy atom. The highest BCUT2D eigenvalue weighted by Gasteiger charge is 2.12. The summed E-state index contributed by atoms with van der Waals surface area (Å²) in [6.07, 6.45) is 8.65. The number of pyridine rings is 2. The van der Waals surface area contributed by atoms with Crippen LogP contribution in [-0.4, -0.2) is 30.6 Å². The largest absolute Gasteiger partial charge is 0.331 e. The van der Waals surface area contributed by atoms with Gasteiger partial charge in [0, 0.05) is 47.7 Å². The van der Waals surface area contributed by atoms with Crippen LogP contribution in [0.15, 0.2) is 92.7 Å². The van der Waals surface area contributed by atoms with Gasteiger partial charge < -0.3 is 0 Å². The van der Waals surface area contributed by atoms with Crippen molar-refractivity contribution in [3.63, 3.8) is 0 Å². The molecule has 0 saturated heterocycles. The van der Waals surface area contributed by atoms with Crippen molar-refractivity contribution < 1.29 is 0 Å². The van der Waals surface area contributed by atoms with Crippen molar-refractivity contribution in [2.75, 3.05) is 11.5 Å². The van der Waals surface area contributed by atoms with Crippen molar-refractivity contribution in [3.8, 4) is 0 Å². The highest BCUT2D eigenvalue weighted by Crippen LogP contribution is 2.18. The molecule has 4 rings (SSSR count). The number of thioether (sulfide) groups is 2. The van der Waals surface area contributed by atoms with E-state index < -0.39 is 0 Å². The summed E-state index contributed by atoms with van der Waals surface area (Å²) in [4.78, 5) is 36.6. The van der Waals surface area contributed by atoms with Crippen LogP contribution < -0.4 is 11.2 Å². The number of benzene rings is 1. The van der Waals surface area contributed by atoms with Crippen LogP contribution in [0.3, 0.4) is 0 Å². The van der Waals surface area contributed by atoms with Crippen molar-refractivity contribution in [2.45, 2.75) is 35.7 Å². The van der Waals surface area contributed by atoms with Crippen LogP contribution in [0, 0.1) is 0 Å². The molecule has 0 spiro atoms. The minimum absolute atomic E-state index is 0.207. The Balaban J connectivity index is 1.47. The Labute approximate surface area is 194 Å². The second-order valence-electron chi connectivity index (χ2n) is 7.18. The fourth-order valence-electron chi connectivity index (χ4n) is 3.48. The number of rotatable bonds is 10. The van der Waals surface area contributed by atoms with Crippen LogP contribution in [0.2, 0.25) is 0 Å². The van der Waals surface area contributed by atoms with E-state index in [9.17, 15) is 9.59 Å². The second kappa shape index (κ2) is 11.2. The quantitative estimate of drug-likeness (QED) is 0.257. The van der Waals surface area contributed by atoms with E-state index in [2.05, 4.69) is 9.97 Å². The lowest BCUT2D eigenvalue weighted by molar-refractivity contribution is 0.561. The van der Waals surface area contributed by atoms with Crippen molar-refractivity contribution >= 4 is 34.4 Å². The average molecular weight is 465 g/mol. The summed E-state index contributed by atoms with van der Waals surface area (Å²) in [5.74, 6) is 1.71. The average Bonchev–Trinajstić information content (AvgIpc) is 2.84. The molecule has 0 bridgehead atoms. The normalized spacial score (nSPS) is 11.1. The third kappa shape index (κ3) is 5.49. The van der Waals surface area contributed by atoms with Crippen LogP contribution in [-0.2, 0) is 13.1 Å². The van der Waals surface area contributed by atoms with Gasteiger partial charge in [-0.25, -0.2) is 4.79 Å². The lowest BCUT2D eigenvalue weighted by Gasteiger charge is -2.14.